The second-order valence-corrected chi connectivity index (χ2v) is 8.00. The Hall–Kier alpha value is 0.0969. The van der Waals surface area contributed by atoms with Crippen molar-refractivity contribution in [3.05, 3.63) is 0 Å². The molecule has 16 heavy (non-hydrogen) atoms. The third-order valence-corrected chi connectivity index (χ3v) is 7.24. The van der Waals surface area contributed by atoms with Crippen LogP contribution < -0.4 is 0 Å². The summed E-state index contributed by atoms with van der Waals surface area (Å²) in [6, 6.07) is 1.13. The molecule has 0 saturated carbocycles. The maximum atomic E-state index is 5.68. The SMILES string of the molecule is CCCCCCCN1CCC[Si]1(OC)OC. The van der Waals surface area contributed by atoms with Crippen molar-refractivity contribution in [2.45, 2.75) is 51.5 Å². The van der Waals surface area contributed by atoms with Crippen molar-refractivity contribution in [1.29, 1.82) is 0 Å². The van der Waals surface area contributed by atoms with Gasteiger partial charge in [-0.25, -0.2) is 0 Å². The predicted molar refractivity (Wildman–Crippen MR) is 69.5 cm³/mol. The molecule has 4 heteroatoms. The molecule has 1 aliphatic heterocycles. The van der Waals surface area contributed by atoms with E-state index < -0.39 is 8.72 Å². The highest BCUT2D eigenvalue weighted by molar-refractivity contribution is 6.65. The molecule has 1 aliphatic rings. The van der Waals surface area contributed by atoms with Crippen molar-refractivity contribution in [2.75, 3.05) is 27.3 Å². The maximum absolute atomic E-state index is 5.68. The third kappa shape index (κ3) is 3.55. The zero-order valence-electron chi connectivity index (χ0n) is 11.1. The van der Waals surface area contributed by atoms with Crippen molar-refractivity contribution >= 4 is 8.72 Å². The van der Waals surface area contributed by atoms with Crippen LogP contribution in [0.4, 0.5) is 0 Å². The van der Waals surface area contributed by atoms with Crippen LogP contribution in [-0.4, -0.2) is 40.6 Å². The summed E-state index contributed by atoms with van der Waals surface area (Å²) in [5, 5.41) is 0. The number of hydrogen-bond donors (Lipinski definition) is 0. The van der Waals surface area contributed by atoms with E-state index in [0.717, 1.165) is 12.6 Å². The quantitative estimate of drug-likeness (QED) is 0.485. The average Bonchev–Trinajstić information content (AvgIpc) is 2.72. The van der Waals surface area contributed by atoms with E-state index in [1.54, 1.807) is 0 Å². The molecule has 0 aromatic carbocycles. The van der Waals surface area contributed by atoms with Gasteiger partial charge < -0.3 is 8.85 Å². The topological polar surface area (TPSA) is 21.7 Å². The largest absolute Gasteiger partial charge is 0.427 e. The van der Waals surface area contributed by atoms with Crippen LogP contribution in [0.15, 0.2) is 0 Å². The van der Waals surface area contributed by atoms with Gasteiger partial charge in [-0.05, 0) is 25.9 Å². The van der Waals surface area contributed by atoms with Gasteiger partial charge in [-0.2, -0.15) is 0 Å². The standard InChI is InChI=1S/C12H27NO2Si/c1-4-5-6-7-8-10-13-11-9-12-16(13,14-2)15-3/h4-12H2,1-3H3. The van der Waals surface area contributed by atoms with E-state index in [1.807, 2.05) is 14.2 Å². The van der Waals surface area contributed by atoms with Crippen LogP contribution in [0, 0.1) is 0 Å². The van der Waals surface area contributed by atoms with Crippen LogP contribution in [0.2, 0.25) is 6.04 Å². The molecule has 0 spiro atoms. The minimum Gasteiger partial charge on any atom is -0.386 e. The summed E-state index contributed by atoms with van der Waals surface area (Å²) in [7, 11) is 1.68. The van der Waals surface area contributed by atoms with Crippen molar-refractivity contribution < 1.29 is 8.85 Å². The van der Waals surface area contributed by atoms with E-state index in [0.29, 0.717) is 0 Å². The van der Waals surface area contributed by atoms with E-state index in [2.05, 4.69) is 11.5 Å². The lowest BCUT2D eigenvalue weighted by Crippen LogP contribution is -2.53. The smallest absolute Gasteiger partial charge is 0.386 e. The molecule has 0 bridgehead atoms. The Morgan fingerprint density at radius 3 is 2.38 bits per heavy atom. The molecule has 0 amide bonds. The molecule has 1 rings (SSSR count). The van der Waals surface area contributed by atoms with Crippen LogP contribution in [0.1, 0.15) is 45.4 Å². The average molecular weight is 245 g/mol. The fourth-order valence-electron chi connectivity index (χ4n) is 2.56. The van der Waals surface area contributed by atoms with Gasteiger partial charge >= 0.3 is 8.72 Å². The molecule has 1 saturated heterocycles. The molecule has 3 nitrogen and oxygen atoms in total. The van der Waals surface area contributed by atoms with Gasteiger partial charge in [-0.3, -0.25) is 4.57 Å². The van der Waals surface area contributed by atoms with Gasteiger partial charge in [0.2, 0.25) is 0 Å². The van der Waals surface area contributed by atoms with Gasteiger partial charge in [0.15, 0.2) is 0 Å². The fraction of sp³-hybridized carbons (Fsp3) is 1.00. The Kier molecular flexibility index (Phi) is 6.57. The molecule has 96 valence electrons. The molecule has 1 fully saturated rings. The van der Waals surface area contributed by atoms with Gasteiger partial charge in [-0.15, -0.1) is 0 Å². The molecule has 0 N–H and O–H groups in total. The number of rotatable bonds is 8. The first-order valence-corrected chi connectivity index (χ1v) is 8.61. The molecule has 0 radical (unpaired) electrons. The van der Waals surface area contributed by atoms with Gasteiger partial charge in [-0.1, -0.05) is 32.6 Å². The normalized spacial score (nSPS) is 20.4. The fourth-order valence-corrected chi connectivity index (χ4v) is 5.57. The molecule has 0 aromatic heterocycles. The molecule has 0 aliphatic carbocycles. The Labute approximate surface area is 101 Å². The van der Waals surface area contributed by atoms with Gasteiger partial charge in [0, 0.05) is 20.3 Å². The summed E-state index contributed by atoms with van der Waals surface area (Å²) in [4.78, 5) is 0. The van der Waals surface area contributed by atoms with Crippen LogP contribution in [-0.2, 0) is 8.85 Å². The summed E-state index contributed by atoms with van der Waals surface area (Å²) in [6.07, 6.45) is 7.95. The van der Waals surface area contributed by atoms with E-state index >= 15 is 0 Å². The summed E-state index contributed by atoms with van der Waals surface area (Å²) in [5.74, 6) is 0. The summed E-state index contributed by atoms with van der Waals surface area (Å²) >= 11 is 0. The minimum absolute atomic E-state index is 1.13. The monoisotopic (exact) mass is 245 g/mol. The molecule has 0 aromatic rings. The Morgan fingerprint density at radius 2 is 1.75 bits per heavy atom. The van der Waals surface area contributed by atoms with Crippen molar-refractivity contribution in [2.24, 2.45) is 0 Å². The predicted octanol–water partition coefficient (Wildman–Crippen LogP) is 2.89. The molecule has 0 atom stereocenters. The third-order valence-electron chi connectivity index (χ3n) is 3.57. The van der Waals surface area contributed by atoms with Gasteiger partial charge in [0.05, 0.1) is 0 Å². The highest BCUT2D eigenvalue weighted by Crippen LogP contribution is 2.27. The van der Waals surface area contributed by atoms with Crippen LogP contribution >= 0.6 is 0 Å². The Bertz CT molecular complexity index is 186. The first kappa shape index (κ1) is 14.2. The molecule has 1 heterocycles. The van der Waals surface area contributed by atoms with Crippen LogP contribution in [0.5, 0.6) is 0 Å². The van der Waals surface area contributed by atoms with Crippen LogP contribution in [0.3, 0.4) is 0 Å². The lowest BCUT2D eigenvalue weighted by Gasteiger charge is -2.31. The summed E-state index contributed by atoms with van der Waals surface area (Å²) in [6.45, 7) is 4.59. The van der Waals surface area contributed by atoms with Gasteiger partial charge in [0.1, 0.15) is 0 Å². The van der Waals surface area contributed by atoms with E-state index in [-0.39, 0.29) is 0 Å². The minimum atomic E-state index is -1.94. The molecule has 0 unspecified atom stereocenters. The van der Waals surface area contributed by atoms with E-state index in [1.165, 1.54) is 45.1 Å². The van der Waals surface area contributed by atoms with Crippen molar-refractivity contribution in [3.8, 4) is 0 Å². The number of unbranched alkanes of at least 4 members (excludes halogenated alkanes) is 4. The Morgan fingerprint density at radius 1 is 1.06 bits per heavy atom. The van der Waals surface area contributed by atoms with Crippen molar-refractivity contribution in [1.82, 2.24) is 4.57 Å². The molecular weight excluding hydrogens is 218 g/mol. The first-order chi connectivity index (χ1) is 7.79. The number of nitrogens with zero attached hydrogens (tertiary/aromatic N) is 1. The first-order valence-electron chi connectivity index (χ1n) is 6.64. The Balaban J connectivity index is 2.24. The second kappa shape index (κ2) is 7.43. The zero-order valence-corrected chi connectivity index (χ0v) is 12.1. The lowest BCUT2D eigenvalue weighted by atomic mass is 10.1. The molecular formula is C12H27NO2Si. The lowest BCUT2D eigenvalue weighted by molar-refractivity contribution is 0.181. The van der Waals surface area contributed by atoms with E-state index in [9.17, 15) is 0 Å². The highest BCUT2D eigenvalue weighted by Gasteiger charge is 2.46. The van der Waals surface area contributed by atoms with E-state index in [4.69, 9.17) is 8.85 Å². The number of hydrogen-bond acceptors (Lipinski definition) is 3. The maximum Gasteiger partial charge on any atom is 0.427 e. The van der Waals surface area contributed by atoms with Crippen LogP contribution in [0.25, 0.3) is 0 Å². The zero-order chi connectivity index (χ0) is 11.9. The second-order valence-electron chi connectivity index (χ2n) is 4.63. The summed E-state index contributed by atoms with van der Waals surface area (Å²) in [5.41, 5.74) is 0. The summed E-state index contributed by atoms with van der Waals surface area (Å²) < 4.78 is 13.8. The van der Waals surface area contributed by atoms with Crippen molar-refractivity contribution in [3.63, 3.8) is 0 Å². The highest BCUT2D eigenvalue weighted by atomic mass is 28.4. The van der Waals surface area contributed by atoms with Gasteiger partial charge in [0.25, 0.3) is 0 Å².